The van der Waals surface area contributed by atoms with Gasteiger partial charge in [0, 0.05) is 0 Å². The molecule has 0 amide bonds. The molecule has 0 saturated heterocycles. The van der Waals surface area contributed by atoms with Crippen molar-refractivity contribution >= 4 is 22.8 Å². The lowest BCUT2D eigenvalue weighted by Crippen LogP contribution is -2.07. The van der Waals surface area contributed by atoms with Crippen LogP contribution in [0.2, 0.25) is 0 Å². The van der Waals surface area contributed by atoms with Crippen LogP contribution in [0, 0.1) is 13.8 Å². The number of hydrogen-bond acceptors (Lipinski definition) is 3. The van der Waals surface area contributed by atoms with Crippen LogP contribution in [0.3, 0.4) is 0 Å². The number of aromatic nitrogens is 1. The molecule has 0 unspecified atom stereocenters. The Kier molecular flexibility index (Phi) is 9.46. The molecule has 0 aliphatic rings. The van der Waals surface area contributed by atoms with Crippen molar-refractivity contribution in [3.8, 4) is 0 Å². The lowest BCUT2D eigenvalue weighted by Gasteiger charge is -2.19. The molecule has 0 saturated carbocycles. The van der Waals surface area contributed by atoms with Crippen LogP contribution in [0.25, 0.3) is 0 Å². The number of hydrogen-bond donors (Lipinski definition) is 0. The minimum atomic E-state index is 0.396. The van der Waals surface area contributed by atoms with Crippen LogP contribution in [-0.2, 0) is 0 Å². The van der Waals surface area contributed by atoms with Gasteiger partial charge >= 0.3 is 0 Å². The molecule has 1 heterocycles. The molecule has 3 aromatic rings. The first-order valence-electron chi connectivity index (χ1n) is 14.2. The minimum absolute atomic E-state index is 0.396. The van der Waals surface area contributed by atoms with Gasteiger partial charge in [0.15, 0.2) is 0 Å². The average molecular weight is 510 g/mol. The highest BCUT2D eigenvalue weighted by molar-refractivity contribution is 6.02. The van der Waals surface area contributed by atoms with Gasteiger partial charge in [0.2, 0.25) is 0 Å². The SMILES string of the molecule is C/C(=N\c1c(C(C)C)cc(C)cc1C(C)C)c1cccc(/C(C)=N/c2c(C(C)C)cc(C)cc2C(C)C)n1. The maximum absolute atomic E-state index is 5.20. The van der Waals surface area contributed by atoms with Crippen LogP contribution in [-0.4, -0.2) is 16.4 Å². The van der Waals surface area contributed by atoms with Crippen molar-refractivity contribution in [1.82, 2.24) is 4.98 Å². The summed E-state index contributed by atoms with van der Waals surface area (Å²) in [5, 5.41) is 0. The molecule has 202 valence electrons. The molecule has 2 aromatic carbocycles. The van der Waals surface area contributed by atoms with Crippen molar-refractivity contribution in [1.29, 1.82) is 0 Å². The largest absolute Gasteiger partial charge is 0.251 e. The molecule has 3 heteroatoms. The number of aliphatic imine (C=N–C) groups is 2. The molecule has 0 aliphatic carbocycles. The van der Waals surface area contributed by atoms with Gasteiger partial charge in [0.1, 0.15) is 0 Å². The summed E-state index contributed by atoms with van der Waals surface area (Å²) in [6.45, 7) is 26.4. The normalized spacial score (nSPS) is 12.9. The first-order chi connectivity index (χ1) is 17.8. The van der Waals surface area contributed by atoms with Gasteiger partial charge in [0.05, 0.1) is 34.2 Å². The van der Waals surface area contributed by atoms with Gasteiger partial charge in [-0.05, 0) is 85.8 Å². The predicted molar refractivity (Wildman–Crippen MR) is 167 cm³/mol. The van der Waals surface area contributed by atoms with Crippen molar-refractivity contribution in [2.24, 2.45) is 9.98 Å². The van der Waals surface area contributed by atoms with E-state index in [4.69, 9.17) is 15.0 Å². The summed E-state index contributed by atoms with van der Waals surface area (Å²) >= 11 is 0. The van der Waals surface area contributed by atoms with E-state index in [1.165, 1.54) is 33.4 Å². The Bertz CT molecular complexity index is 1190. The third kappa shape index (κ3) is 6.67. The van der Waals surface area contributed by atoms with E-state index in [9.17, 15) is 0 Å². The van der Waals surface area contributed by atoms with Gasteiger partial charge in [-0.25, -0.2) is 4.98 Å². The zero-order valence-electron chi connectivity index (χ0n) is 25.7. The summed E-state index contributed by atoms with van der Waals surface area (Å²) in [5.74, 6) is 1.58. The smallest absolute Gasteiger partial charge is 0.0849 e. The number of pyridine rings is 1. The van der Waals surface area contributed by atoms with Crippen molar-refractivity contribution in [2.45, 2.75) is 107 Å². The summed E-state index contributed by atoms with van der Waals surface area (Å²) in [6, 6.07) is 15.3. The molecule has 3 nitrogen and oxygen atoms in total. The van der Waals surface area contributed by atoms with Crippen LogP contribution < -0.4 is 0 Å². The molecule has 0 N–H and O–H groups in total. The fourth-order valence-electron chi connectivity index (χ4n) is 4.98. The van der Waals surface area contributed by atoms with Crippen LogP contribution in [0.1, 0.15) is 138 Å². The predicted octanol–water partition coefficient (Wildman–Crippen LogP) is 10.5. The first-order valence-corrected chi connectivity index (χ1v) is 14.2. The lowest BCUT2D eigenvalue weighted by molar-refractivity contribution is 0.831. The van der Waals surface area contributed by atoms with E-state index in [0.717, 1.165) is 34.2 Å². The van der Waals surface area contributed by atoms with E-state index >= 15 is 0 Å². The van der Waals surface area contributed by atoms with Gasteiger partial charge in [-0.15, -0.1) is 0 Å². The van der Waals surface area contributed by atoms with E-state index in [2.05, 4.69) is 126 Å². The molecule has 1 aromatic heterocycles. The second-order valence-electron chi connectivity index (χ2n) is 12.0. The zero-order chi connectivity index (χ0) is 28.3. The van der Waals surface area contributed by atoms with Crippen LogP contribution in [0.4, 0.5) is 11.4 Å². The van der Waals surface area contributed by atoms with Crippen LogP contribution in [0.5, 0.6) is 0 Å². The van der Waals surface area contributed by atoms with E-state index in [-0.39, 0.29) is 0 Å². The summed E-state index contributed by atoms with van der Waals surface area (Å²) in [6.07, 6.45) is 0. The Morgan fingerprint density at radius 1 is 0.553 bits per heavy atom. The second-order valence-corrected chi connectivity index (χ2v) is 12.0. The van der Waals surface area contributed by atoms with Crippen molar-refractivity contribution in [3.63, 3.8) is 0 Å². The minimum Gasteiger partial charge on any atom is -0.251 e. The van der Waals surface area contributed by atoms with Crippen LogP contribution in [0.15, 0.2) is 52.4 Å². The number of aryl methyl sites for hydroxylation is 2. The molecule has 3 rings (SSSR count). The molecule has 0 radical (unpaired) electrons. The fraction of sp³-hybridized carbons (Fsp3) is 0.457. The van der Waals surface area contributed by atoms with Gasteiger partial charge in [-0.3, -0.25) is 9.98 Å². The van der Waals surface area contributed by atoms with Gasteiger partial charge < -0.3 is 0 Å². The summed E-state index contributed by atoms with van der Waals surface area (Å²) in [5.41, 5.74) is 13.6. The average Bonchev–Trinajstić information content (AvgIpc) is 2.84. The standard InChI is InChI=1S/C35H47N3/c1-20(2)28-16-24(9)17-29(21(3)4)34(28)36-26(11)32-14-13-15-33(38-32)27(12)37-35-30(22(5)6)18-25(10)19-31(35)23(7)8/h13-23H,1-12H3/b36-26+,37-27+. The maximum Gasteiger partial charge on any atom is 0.0849 e. The third-order valence-electron chi connectivity index (χ3n) is 7.16. The monoisotopic (exact) mass is 509 g/mol. The Labute approximate surface area is 231 Å². The third-order valence-corrected chi connectivity index (χ3v) is 7.16. The van der Waals surface area contributed by atoms with Gasteiger partial charge in [-0.1, -0.05) is 96.8 Å². The highest BCUT2D eigenvalue weighted by Crippen LogP contribution is 2.38. The lowest BCUT2D eigenvalue weighted by atomic mass is 9.90. The van der Waals surface area contributed by atoms with Crippen molar-refractivity contribution in [2.75, 3.05) is 0 Å². The van der Waals surface area contributed by atoms with Gasteiger partial charge in [0.25, 0.3) is 0 Å². The maximum atomic E-state index is 5.20. The van der Waals surface area contributed by atoms with Crippen LogP contribution >= 0.6 is 0 Å². The molecule has 0 atom stereocenters. The quantitative estimate of drug-likeness (QED) is 0.278. The van der Waals surface area contributed by atoms with E-state index in [1.54, 1.807) is 0 Å². The molecular formula is C35H47N3. The van der Waals surface area contributed by atoms with Crippen molar-refractivity contribution < 1.29 is 0 Å². The Balaban J connectivity index is 2.12. The van der Waals surface area contributed by atoms with E-state index < -0.39 is 0 Å². The Morgan fingerprint density at radius 2 is 0.842 bits per heavy atom. The molecule has 38 heavy (non-hydrogen) atoms. The Morgan fingerprint density at radius 3 is 1.11 bits per heavy atom. The molecule has 0 bridgehead atoms. The molecule has 0 spiro atoms. The number of benzene rings is 2. The van der Waals surface area contributed by atoms with Gasteiger partial charge in [-0.2, -0.15) is 0 Å². The second kappa shape index (κ2) is 12.2. The fourth-order valence-corrected chi connectivity index (χ4v) is 4.98. The zero-order valence-corrected chi connectivity index (χ0v) is 25.7. The van der Waals surface area contributed by atoms with E-state index in [0.29, 0.717) is 23.7 Å². The summed E-state index contributed by atoms with van der Waals surface area (Å²) < 4.78 is 0. The number of rotatable bonds is 8. The van der Waals surface area contributed by atoms with E-state index in [1.807, 2.05) is 0 Å². The highest BCUT2D eigenvalue weighted by atomic mass is 14.8. The highest BCUT2D eigenvalue weighted by Gasteiger charge is 2.17. The number of nitrogens with zero attached hydrogens (tertiary/aromatic N) is 3. The van der Waals surface area contributed by atoms with Crippen molar-refractivity contribution in [3.05, 3.63) is 87.2 Å². The Hall–Kier alpha value is -3.07. The first kappa shape index (κ1) is 29.5. The molecule has 0 fully saturated rings. The molecular weight excluding hydrogens is 462 g/mol. The summed E-state index contributed by atoms with van der Waals surface area (Å²) in [4.78, 5) is 15.4. The summed E-state index contributed by atoms with van der Waals surface area (Å²) in [7, 11) is 0. The molecule has 0 aliphatic heterocycles. The topological polar surface area (TPSA) is 37.6 Å².